The lowest BCUT2D eigenvalue weighted by molar-refractivity contribution is 1.15. The third kappa shape index (κ3) is 1.33. The van der Waals surface area contributed by atoms with Crippen molar-refractivity contribution >= 4 is 11.0 Å². The highest BCUT2D eigenvalue weighted by molar-refractivity contribution is 5.84. The van der Waals surface area contributed by atoms with Gasteiger partial charge in [-0.3, -0.25) is 0 Å². The summed E-state index contributed by atoms with van der Waals surface area (Å²) in [7, 11) is 0. The lowest BCUT2D eigenvalue weighted by atomic mass is 10.1. The molecular formula is C13H13N3. The third-order valence-corrected chi connectivity index (χ3v) is 2.93. The van der Waals surface area contributed by atoms with E-state index in [-0.39, 0.29) is 0 Å². The second-order valence-corrected chi connectivity index (χ2v) is 3.89. The molecule has 0 saturated carbocycles. The van der Waals surface area contributed by atoms with Gasteiger partial charge >= 0.3 is 0 Å². The monoisotopic (exact) mass is 211 g/mol. The van der Waals surface area contributed by atoms with Crippen LogP contribution in [0.3, 0.4) is 0 Å². The Bertz CT molecular complexity index is 605. The summed E-state index contributed by atoms with van der Waals surface area (Å²) in [6.07, 6.45) is 8.89. The van der Waals surface area contributed by atoms with Crippen molar-refractivity contribution in [2.45, 2.75) is 13.3 Å². The number of H-pyrrole nitrogens is 2. The van der Waals surface area contributed by atoms with Crippen molar-refractivity contribution in [3.8, 4) is 11.1 Å². The Balaban J connectivity index is 2.21. The summed E-state index contributed by atoms with van der Waals surface area (Å²) in [4.78, 5) is 10.7. The molecule has 0 aliphatic rings. The highest BCUT2D eigenvalue weighted by Gasteiger charge is 2.05. The van der Waals surface area contributed by atoms with Gasteiger partial charge in [0.1, 0.15) is 5.65 Å². The molecule has 0 spiro atoms. The minimum absolute atomic E-state index is 0.969. The largest absolute Gasteiger partial charge is 0.367 e. The van der Waals surface area contributed by atoms with Gasteiger partial charge in [-0.05, 0) is 24.1 Å². The van der Waals surface area contributed by atoms with Crippen LogP contribution in [0.15, 0.2) is 36.9 Å². The average Bonchev–Trinajstić information content (AvgIpc) is 2.97. The van der Waals surface area contributed by atoms with Crippen molar-refractivity contribution in [2.24, 2.45) is 0 Å². The number of aryl methyl sites for hydroxylation is 1. The van der Waals surface area contributed by atoms with Crippen LogP contribution in [0, 0.1) is 0 Å². The zero-order valence-corrected chi connectivity index (χ0v) is 9.12. The summed E-state index contributed by atoms with van der Waals surface area (Å²) >= 11 is 0. The zero-order valence-electron chi connectivity index (χ0n) is 9.12. The van der Waals surface area contributed by atoms with Crippen LogP contribution in [0.4, 0.5) is 0 Å². The number of nitrogens with zero attached hydrogens (tertiary/aromatic N) is 1. The number of hydrogen-bond donors (Lipinski definition) is 2. The minimum Gasteiger partial charge on any atom is -0.367 e. The van der Waals surface area contributed by atoms with E-state index >= 15 is 0 Å². The molecule has 3 aromatic heterocycles. The zero-order chi connectivity index (χ0) is 11.0. The first-order valence-electron chi connectivity index (χ1n) is 5.47. The van der Waals surface area contributed by atoms with Gasteiger partial charge in [-0.2, -0.15) is 0 Å². The highest BCUT2D eigenvalue weighted by atomic mass is 14.8. The van der Waals surface area contributed by atoms with Crippen LogP contribution in [0.5, 0.6) is 0 Å². The van der Waals surface area contributed by atoms with E-state index in [9.17, 15) is 0 Å². The molecule has 0 amide bonds. The molecule has 3 heteroatoms. The van der Waals surface area contributed by atoms with E-state index in [1.807, 2.05) is 24.8 Å². The fourth-order valence-corrected chi connectivity index (χ4v) is 2.01. The van der Waals surface area contributed by atoms with Gasteiger partial charge in [0.2, 0.25) is 0 Å². The lowest BCUT2D eigenvalue weighted by Gasteiger charge is -1.98. The maximum Gasteiger partial charge on any atom is 0.137 e. The molecule has 3 aromatic rings. The number of aromatic amines is 2. The molecule has 0 unspecified atom stereocenters. The van der Waals surface area contributed by atoms with Crippen molar-refractivity contribution in [1.29, 1.82) is 0 Å². The molecule has 80 valence electrons. The van der Waals surface area contributed by atoms with Crippen LogP contribution >= 0.6 is 0 Å². The number of rotatable bonds is 2. The number of fused-ring (bicyclic) bond motifs is 1. The van der Waals surface area contributed by atoms with Crippen molar-refractivity contribution in [3.63, 3.8) is 0 Å². The molecule has 0 saturated heterocycles. The van der Waals surface area contributed by atoms with Crippen LogP contribution in [0.1, 0.15) is 12.5 Å². The van der Waals surface area contributed by atoms with Gasteiger partial charge in [-0.1, -0.05) is 6.92 Å². The van der Waals surface area contributed by atoms with E-state index < -0.39 is 0 Å². The normalized spacial score (nSPS) is 11.1. The molecule has 2 N–H and O–H groups in total. The molecule has 16 heavy (non-hydrogen) atoms. The fourth-order valence-electron chi connectivity index (χ4n) is 2.01. The Morgan fingerprint density at radius 3 is 2.94 bits per heavy atom. The predicted octanol–water partition coefficient (Wildman–Crippen LogP) is 3.12. The summed E-state index contributed by atoms with van der Waals surface area (Å²) in [6, 6.07) is 4.25. The molecular weight excluding hydrogens is 198 g/mol. The SMILES string of the molecule is CCc1c[nH]c2ncc(-c3cc[nH]c3)cc12. The first-order chi connectivity index (χ1) is 7.88. The van der Waals surface area contributed by atoms with Gasteiger partial charge < -0.3 is 9.97 Å². The van der Waals surface area contributed by atoms with Crippen LogP contribution in [0.2, 0.25) is 0 Å². The van der Waals surface area contributed by atoms with E-state index in [0.29, 0.717) is 0 Å². The van der Waals surface area contributed by atoms with Gasteiger partial charge in [0.05, 0.1) is 0 Å². The van der Waals surface area contributed by atoms with Crippen LogP contribution < -0.4 is 0 Å². The van der Waals surface area contributed by atoms with Crippen molar-refractivity contribution in [2.75, 3.05) is 0 Å². The van der Waals surface area contributed by atoms with Gasteiger partial charge in [-0.25, -0.2) is 4.98 Å². The van der Waals surface area contributed by atoms with Crippen LogP contribution in [0.25, 0.3) is 22.2 Å². The van der Waals surface area contributed by atoms with E-state index in [4.69, 9.17) is 0 Å². The van der Waals surface area contributed by atoms with Crippen molar-refractivity contribution in [1.82, 2.24) is 15.0 Å². The number of pyridine rings is 1. The first kappa shape index (κ1) is 9.21. The molecule has 0 atom stereocenters. The Morgan fingerprint density at radius 2 is 2.19 bits per heavy atom. The molecule has 0 bridgehead atoms. The topological polar surface area (TPSA) is 44.5 Å². The highest BCUT2D eigenvalue weighted by Crippen LogP contribution is 2.24. The third-order valence-electron chi connectivity index (χ3n) is 2.93. The summed E-state index contributed by atoms with van der Waals surface area (Å²) < 4.78 is 0. The Morgan fingerprint density at radius 1 is 1.25 bits per heavy atom. The molecule has 3 rings (SSSR count). The first-order valence-corrected chi connectivity index (χ1v) is 5.47. The Hall–Kier alpha value is -2.03. The maximum absolute atomic E-state index is 4.44. The Labute approximate surface area is 93.5 Å². The maximum atomic E-state index is 4.44. The van der Waals surface area contributed by atoms with Crippen LogP contribution in [-0.4, -0.2) is 15.0 Å². The molecule has 0 fully saturated rings. The van der Waals surface area contributed by atoms with E-state index in [2.05, 4.69) is 34.0 Å². The van der Waals surface area contributed by atoms with Gasteiger partial charge in [0.15, 0.2) is 0 Å². The Kier molecular flexibility index (Phi) is 2.03. The smallest absolute Gasteiger partial charge is 0.137 e. The van der Waals surface area contributed by atoms with Crippen molar-refractivity contribution < 1.29 is 0 Å². The van der Waals surface area contributed by atoms with E-state index in [1.165, 1.54) is 16.5 Å². The summed E-state index contributed by atoms with van der Waals surface area (Å²) in [5, 5.41) is 1.22. The second-order valence-electron chi connectivity index (χ2n) is 3.89. The second kappa shape index (κ2) is 3.52. The van der Waals surface area contributed by atoms with Gasteiger partial charge in [0.25, 0.3) is 0 Å². The minimum atomic E-state index is 0.969. The van der Waals surface area contributed by atoms with Gasteiger partial charge in [0, 0.05) is 41.3 Å². The van der Waals surface area contributed by atoms with Crippen LogP contribution in [-0.2, 0) is 6.42 Å². The standard InChI is InChI=1S/C13H13N3/c1-2-9-7-15-13-12(9)5-11(8-16-13)10-3-4-14-6-10/h3-8,14H,2H2,1H3,(H,15,16). The summed E-state index contributed by atoms with van der Waals surface area (Å²) in [5.41, 5.74) is 4.62. The molecule has 0 radical (unpaired) electrons. The molecule has 0 aromatic carbocycles. The molecule has 0 aliphatic carbocycles. The number of nitrogens with one attached hydrogen (secondary N) is 2. The van der Waals surface area contributed by atoms with E-state index in [0.717, 1.165) is 17.6 Å². The number of hydrogen-bond acceptors (Lipinski definition) is 1. The van der Waals surface area contributed by atoms with Crippen molar-refractivity contribution in [3.05, 3.63) is 42.5 Å². The molecule has 3 nitrogen and oxygen atoms in total. The van der Waals surface area contributed by atoms with Gasteiger partial charge in [-0.15, -0.1) is 0 Å². The number of aromatic nitrogens is 3. The fraction of sp³-hybridized carbons (Fsp3) is 0.154. The summed E-state index contributed by atoms with van der Waals surface area (Å²) in [5.74, 6) is 0. The quantitative estimate of drug-likeness (QED) is 0.672. The summed E-state index contributed by atoms with van der Waals surface area (Å²) in [6.45, 7) is 2.16. The molecule has 3 heterocycles. The predicted molar refractivity (Wildman–Crippen MR) is 65.3 cm³/mol. The lowest BCUT2D eigenvalue weighted by Crippen LogP contribution is -1.81. The van der Waals surface area contributed by atoms with E-state index in [1.54, 1.807) is 0 Å². The average molecular weight is 211 g/mol. The molecule has 0 aliphatic heterocycles.